The minimum absolute atomic E-state index is 0.0279. The smallest absolute Gasteiger partial charge is 0.315 e. The van der Waals surface area contributed by atoms with Crippen molar-refractivity contribution in [3.8, 4) is 5.75 Å². The third-order valence-corrected chi connectivity index (χ3v) is 2.32. The van der Waals surface area contributed by atoms with Crippen LogP contribution in [0.3, 0.4) is 0 Å². The van der Waals surface area contributed by atoms with Gasteiger partial charge < -0.3 is 9.84 Å². The van der Waals surface area contributed by atoms with Gasteiger partial charge in [-0.15, -0.1) is 0 Å². The summed E-state index contributed by atoms with van der Waals surface area (Å²) in [5.74, 6) is -0.743. The standard InChI is InChI=1S/C9H9BrFNO4/c10-7-4-6(11)5-8(12(14)15)9(7)16-3-1-2-13/h4-5,13H,1-3H2. The Hall–Kier alpha value is -1.21. The molecule has 0 unspecified atom stereocenters. The van der Waals surface area contributed by atoms with Gasteiger partial charge >= 0.3 is 5.69 Å². The second kappa shape index (κ2) is 5.76. The van der Waals surface area contributed by atoms with Gasteiger partial charge in [-0.25, -0.2) is 4.39 Å². The quantitative estimate of drug-likeness (QED) is 0.513. The topological polar surface area (TPSA) is 72.6 Å². The second-order valence-corrected chi connectivity index (χ2v) is 3.77. The zero-order valence-electron chi connectivity index (χ0n) is 8.15. The van der Waals surface area contributed by atoms with Crippen molar-refractivity contribution < 1.29 is 19.2 Å². The average molecular weight is 294 g/mol. The molecule has 0 saturated carbocycles. The molecule has 0 saturated heterocycles. The van der Waals surface area contributed by atoms with Gasteiger partial charge in [0, 0.05) is 13.0 Å². The van der Waals surface area contributed by atoms with Crippen LogP contribution in [0.25, 0.3) is 0 Å². The molecule has 5 nitrogen and oxygen atoms in total. The van der Waals surface area contributed by atoms with Gasteiger partial charge in [-0.2, -0.15) is 0 Å². The summed E-state index contributed by atoms with van der Waals surface area (Å²) in [6.45, 7) is 0.0498. The molecular weight excluding hydrogens is 285 g/mol. The van der Waals surface area contributed by atoms with Crippen LogP contribution in [0.15, 0.2) is 16.6 Å². The van der Waals surface area contributed by atoms with E-state index in [0.717, 1.165) is 12.1 Å². The lowest BCUT2D eigenvalue weighted by molar-refractivity contribution is -0.386. The normalized spacial score (nSPS) is 10.2. The Kier molecular flexibility index (Phi) is 4.63. The molecule has 0 bridgehead atoms. The van der Waals surface area contributed by atoms with Crippen LogP contribution in [0.2, 0.25) is 0 Å². The minimum Gasteiger partial charge on any atom is -0.486 e. The number of nitrogens with zero attached hydrogens (tertiary/aromatic N) is 1. The van der Waals surface area contributed by atoms with E-state index in [1.807, 2.05) is 0 Å². The molecule has 1 N–H and O–H groups in total. The molecule has 7 heteroatoms. The summed E-state index contributed by atoms with van der Waals surface area (Å²) in [4.78, 5) is 9.93. The van der Waals surface area contributed by atoms with Gasteiger partial charge in [0.15, 0.2) is 0 Å². The van der Waals surface area contributed by atoms with Crippen molar-refractivity contribution >= 4 is 21.6 Å². The number of rotatable bonds is 5. The summed E-state index contributed by atoms with van der Waals surface area (Å²) in [7, 11) is 0. The van der Waals surface area contributed by atoms with Gasteiger partial charge in [0.1, 0.15) is 5.82 Å². The van der Waals surface area contributed by atoms with Gasteiger partial charge in [0.05, 0.1) is 22.1 Å². The maximum Gasteiger partial charge on any atom is 0.315 e. The third kappa shape index (κ3) is 3.14. The lowest BCUT2D eigenvalue weighted by atomic mass is 10.3. The Morgan fingerprint density at radius 1 is 1.56 bits per heavy atom. The van der Waals surface area contributed by atoms with Crippen molar-refractivity contribution in [1.29, 1.82) is 0 Å². The highest BCUT2D eigenvalue weighted by Gasteiger charge is 2.20. The first kappa shape index (κ1) is 12.9. The van der Waals surface area contributed by atoms with E-state index >= 15 is 0 Å². The van der Waals surface area contributed by atoms with Gasteiger partial charge in [-0.05, 0) is 22.0 Å². The van der Waals surface area contributed by atoms with Gasteiger partial charge in [0.25, 0.3) is 0 Å². The van der Waals surface area contributed by atoms with E-state index in [1.54, 1.807) is 0 Å². The molecule has 1 aromatic rings. The van der Waals surface area contributed by atoms with E-state index in [-0.39, 0.29) is 23.4 Å². The molecule has 0 aromatic heterocycles. The number of nitro groups is 1. The fraction of sp³-hybridized carbons (Fsp3) is 0.333. The molecule has 0 spiro atoms. The van der Waals surface area contributed by atoms with Crippen molar-refractivity contribution in [1.82, 2.24) is 0 Å². The van der Waals surface area contributed by atoms with E-state index in [2.05, 4.69) is 15.9 Å². The average Bonchev–Trinajstić information content (AvgIpc) is 2.20. The summed E-state index contributed by atoms with van der Waals surface area (Å²) in [6, 6.07) is 1.88. The van der Waals surface area contributed by atoms with Gasteiger partial charge in [-0.1, -0.05) is 0 Å². The number of halogens is 2. The number of hydrogen-bond donors (Lipinski definition) is 1. The summed E-state index contributed by atoms with van der Waals surface area (Å²) in [5.41, 5.74) is -0.440. The largest absolute Gasteiger partial charge is 0.486 e. The molecule has 0 atom stereocenters. The predicted octanol–water partition coefficient (Wildman–Crippen LogP) is 2.26. The first-order valence-electron chi connectivity index (χ1n) is 4.43. The van der Waals surface area contributed by atoms with Crippen molar-refractivity contribution in [2.24, 2.45) is 0 Å². The maximum atomic E-state index is 12.9. The highest BCUT2D eigenvalue weighted by atomic mass is 79.9. The first-order chi connectivity index (χ1) is 7.56. The van der Waals surface area contributed by atoms with Gasteiger partial charge in [-0.3, -0.25) is 10.1 Å². The molecule has 0 heterocycles. The highest BCUT2D eigenvalue weighted by Crippen LogP contribution is 2.35. The number of hydrogen-bond acceptors (Lipinski definition) is 4. The lowest BCUT2D eigenvalue weighted by Crippen LogP contribution is -2.03. The molecular formula is C9H9BrFNO4. The molecule has 0 aliphatic heterocycles. The van der Waals surface area contributed by atoms with Crippen LogP contribution in [0, 0.1) is 15.9 Å². The highest BCUT2D eigenvalue weighted by molar-refractivity contribution is 9.10. The van der Waals surface area contributed by atoms with Crippen LogP contribution in [-0.4, -0.2) is 23.2 Å². The summed E-state index contributed by atoms with van der Waals surface area (Å²) in [5, 5.41) is 19.2. The molecule has 0 fully saturated rings. The summed E-state index contributed by atoms with van der Waals surface area (Å²) in [6.07, 6.45) is 0.348. The van der Waals surface area contributed by atoms with Crippen LogP contribution < -0.4 is 4.74 Å². The fourth-order valence-corrected chi connectivity index (χ4v) is 1.60. The Balaban J connectivity index is 2.99. The number of aliphatic hydroxyl groups excluding tert-OH is 1. The van der Waals surface area contributed by atoms with Crippen molar-refractivity contribution in [3.63, 3.8) is 0 Å². The van der Waals surface area contributed by atoms with E-state index in [9.17, 15) is 14.5 Å². The Morgan fingerprint density at radius 2 is 2.25 bits per heavy atom. The van der Waals surface area contributed by atoms with Crippen molar-refractivity contribution in [2.75, 3.05) is 13.2 Å². The molecule has 16 heavy (non-hydrogen) atoms. The SMILES string of the molecule is O=[N+]([O-])c1cc(F)cc(Br)c1OCCCO. The predicted molar refractivity (Wildman–Crippen MR) is 58.0 cm³/mol. The molecule has 0 amide bonds. The van der Waals surface area contributed by atoms with Crippen molar-refractivity contribution in [2.45, 2.75) is 6.42 Å². The number of nitro benzene ring substituents is 1. The number of aliphatic hydroxyl groups is 1. The van der Waals surface area contributed by atoms with Crippen LogP contribution in [0.5, 0.6) is 5.75 Å². The van der Waals surface area contributed by atoms with Gasteiger partial charge in [0.2, 0.25) is 5.75 Å². The molecule has 0 aliphatic rings. The zero-order valence-corrected chi connectivity index (χ0v) is 9.74. The van der Waals surface area contributed by atoms with E-state index < -0.39 is 16.4 Å². The summed E-state index contributed by atoms with van der Waals surface area (Å²) >= 11 is 2.99. The number of benzene rings is 1. The van der Waals surface area contributed by atoms with Crippen LogP contribution in [0.4, 0.5) is 10.1 Å². The van der Waals surface area contributed by atoms with Crippen molar-refractivity contribution in [3.05, 3.63) is 32.5 Å². The van der Waals surface area contributed by atoms with Crippen LogP contribution in [0.1, 0.15) is 6.42 Å². The van der Waals surface area contributed by atoms with E-state index in [1.165, 1.54) is 0 Å². The van der Waals surface area contributed by atoms with E-state index in [0.29, 0.717) is 6.42 Å². The molecule has 88 valence electrons. The Morgan fingerprint density at radius 3 is 2.81 bits per heavy atom. The molecule has 1 rings (SSSR count). The Labute approximate surface area is 99.1 Å². The third-order valence-electron chi connectivity index (χ3n) is 1.73. The first-order valence-corrected chi connectivity index (χ1v) is 5.22. The second-order valence-electron chi connectivity index (χ2n) is 2.92. The Bertz CT molecular complexity index is 399. The molecule has 0 radical (unpaired) electrons. The minimum atomic E-state index is -0.720. The summed E-state index contributed by atoms with van der Waals surface area (Å²) < 4.78 is 18.2. The lowest BCUT2D eigenvalue weighted by Gasteiger charge is -2.07. The fourth-order valence-electron chi connectivity index (χ4n) is 1.06. The molecule has 1 aromatic carbocycles. The number of ether oxygens (including phenoxy) is 1. The zero-order chi connectivity index (χ0) is 12.1. The maximum absolute atomic E-state index is 12.9. The van der Waals surface area contributed by atoms with Crippen LogP contribution >= 0.6 is 15.9 Å². The van der Waals surface area contributed by atoms with E-state index in [4.69, 9.17) is 9.84 Å². The molecule has 0 aliphatic carbocycles. The van der Waals surface area contributed by atoms with Crippen LogP contribution in [-0.2, 0) is 0 Å². The monoisotopic (exact) mass is 293 g/mol.